The fourth-order valence-electron chi connectivity index (χ4n) is 2.05. The predicted molar refractivity (Wildman–Crippen MR) is 86.2 cm³/mol. The Labute approximate surface area is 132 Å². The Hall–Kier alpha value is -1.80. The van der Waals surface area contributed by atoms with Crippen molar-refractivity contribution in [2.75, 3.05) is 6.54 Å². The number of aliphatic hydroxyl groups excluding tert-OH is 1. The number of pyridine rings is 1. The Bertz CT molecular complexity index is 843. The zero-order chi connectivity index (χ0) is 15.6. The normalized spacial score (nSPS) is 13.3. The third-order valence-corrected chi connectivity index (χ3v) is 5.81. The number of benzene rings is 1. The van der Waals surface area contributed by atoms with Gasteiger partial charge in [0.05, 0.1) is 0 Å². The minimum atomic E-state index is -3.66. The average Bonchev–Trinajstić information content (AvgIpc) is 2.98. The van der Waals surface area contributed by atoms with Crippen molar-refractivity contribution in [3.8, 4) is 0 Å². The van der Waals surface area contributed by atoms with Crippen LogP contribution < -0.4 is 4.72 Å². The molecule has 0 aliphatic heterocycles. The summed E-state index contributed by atoms with van der Waals surface area (Å²) >= 11 is 1.45. The van der Waals surface area contributed by atoms with E-state index in [1.807, 2.05) is 30.3 Å². The second kappa shape index (κ2) is 6.13. The van der Waals surface area contributed by atoms with Crippen LogP contribution in [0.25, 0.3) is 10.1 Å². The largest absolute Gasteiger partial charge is 0.386 e. The van der Waals surface area contributed by atoms with E-state index in [9.17, 15) is 13.5 Å². The second-order valence-electron chi connectivity index (χ2n) is 4.74. The molecule has 3 rings (SSSR count). The maximum Gasteiger partial charge on any atom is 0.242 e. The molecule has 0 aliphatic rings. The highest BCUT2D eigenvalue weighted by atomic mass is 32.2. The first-order valence-corrected chi connectivity index (χ1v) is 8.92. The number of aliphatic hydroxyl groups is 1. The van der Waals surface area contributed by atoms with E-state index >= 15 is 0 Å². The van der Waals surface area contributed by atoms with Crippen LogP contribution in [0, 0.1) is 0 Å². The number of nitrogens with one attached hydrogen (secondary N) is 1. The first-order chi connectivity index (χ1) is 10.6. The van der Waals surface area contributed by atoms with E-state index in [0.717, 1.165) is 15.0 Å². The van der Waals surface area contributed by atoms with E-state index in [0.29, 0.717) is 0 Å². The molecule has 0 spiro atoms. The summed E-state index contributed by atoms with van der Waals surface area (Å²) in [7, 11) is -3.66. The lowest BCUT2D eigenvalue weighted by Crippen LogP contribution is -2.28. The van der Waals surface area contributed by atoms with Gasteiger partial charge in [0, 0.05) is 28.5 Å². The summed E-state index contributed by atoms with van der Waals surface area (Å²) in [5.41, 5.74) is 0. The standard InChI is InChI=1S/C15H14N2O3S2/c18-13(15-8-11-4-1-2-6-14(11)21-15)10-17-22(19,20)12-5-3-7-16-9-12/h1-9,13,17-18H,10H2/t13-/m0/s1. The maximum absolute atomic E-state index is 12.1. The van der Waals surface area contributed by atoms with Gasteiger partial charge in [0.1, 0.15) is 11.0 Å². The lowest BCUT2D eigenvalue weighted by atomic mass is 10.2. The van der Waals surface area contributed by atoms with Gasteiger partial charge in [0.15, 0.2) is 0 Å². The van der Waals surface area contributed by atoms with Crippen LogP contribution in [0.2, 0.25) is 0 Å². The van der Waals surface area contributed by atoms with Crippen LogP contribution >= 0.6 is 11.3 Å². The molecule has 114 valence electrons. The molecule has 0 unspecified atom stereocenters. The maximum atomic E-state index is 12.1. The number of fused-ring (bicyclic) bond motifs is 1. The van der Waals surface area contributed by atoms with Crippen LogP contribution in [0.5, 0.6) is 0 Å². The zero-order valence-corrected chi connectivity index (χ0v) is 13.1. The molecular formula is C15H14N2O3S2. The molecule has 2 aromatic heterocycles. The van der Waals surface area contributed by atoms with Gasteiger partial charge in [-0.15, -0.1) is 11.3 Å². The molecule has 0 radical (unpaired) electrons. The molecule has 1 atom stereocenters. The van der Waals surface area contributed by atoms with E-state index in [2.05, 4.69) is 9.71 Å². The van der Waals surface area contributed by atoms with Crippen molar-refractivity contribution in [1.29, 1.82) is 0 Å². The molecule has 0 fully saturated rings. The summed E-state index contributed by atoms with van der Waals surface area (Å²) in [6.07, 6.45) is 1.89. The number of aromatic nitrogens is 1. The molecule has 0 bridgehead atoms. The van der Waals surface area contributed by atoms with Crippen molar-refractivity contribution < 1.29 is 13.5 Å². The Kier molecular flexibility index (Phi) is 4.21. The summed E-state index contributed by atoms with van der Waals surface area (Å²) in [6, 6.07) is 12.7. The minimum Gasteiger partial charge on any atom is -0.386 e. The Balaban J connectivity index is 1.73. The molecular weight excluding hydrogens is 320 g/mol. The fourth-order valence-corrected chi connectivity index (χ4v) is 4.10. The molecule has 3 aromatic rings. The van der Waals surface area contributed by atoms with Gasteiger partial charge in [0.25, 0.3) is 0 Å². The van der Waals surface area contributed by atoms with Crippen LogP contribution in [0.15, 0.2) is 59.8 Å². The SMILES string of the molecule is O=S(=O)(NC[C@H](O)c1cc2ccccc2s1)c1cccnc1. The average molecular weight is 334 g/mol. The van der Waals surface area contributed by atoms with Crippen molar-refractivity contribution >= 4 is 31.4 Å². The van der Waals surface area contributed by atoms with Crippen LogP contribution in [0.4, 0.5) is 0 Å². The van der Waals surface area contributed by atoms with Crippen LogP contribution in [0.3, 0.4) is 0 Å². The molecule has 7 heteroatoms. The number of sulfonamides is 1. The third-order valence-electron chi connectivity index (χ3n) is 3.18. The van der Waals surface area contributed by atoms with Gasteiger partial charge in [-0.3, -0.25) is 4.98 Å². The third kappa shape index (κ3) is 3.17. The van der Waals surface area contributed by atoms with E-state index in [4.69, 9.17) is 0 Å². The molecule has 22 heavy (non-hydrogen) atoms. The van der Waals surface area contributed by atoms with Crippen LogP contribution in [0.1, 0.15) is 11.0 Å². The second-order valence-corrected chi connectivity index (χ2v) is 7.63. The zero-order valence-electron chi connectivity index (χ0n) is 11.5. The van der Waals surface area contributed by atoms with Gasteiger partial charge in [0.2, 0.25) is 10.0 Å². The monoisotopic (exact) mass is 334 g/mol. The minimum absolute atomic E-state index is 0.0793. The van der Waals surface area contributed by atoms with E-state index in [-0.39, 0.29) is 11.4 Å². The van der Waals surface area contributed by atoms with E-state index < -0.39 is 16.1 Å². The van der Waals surface area contributed by atoms with Gasteiger partial charge in [-0.1, -0.05) is 18.2 Å². The summed E-state index contributed by atoms with van der Waals surface area (Å²) in [6.45, 7) is -0.0793. The Morgan fingerprint density at radius 2 is 2.05 bits per heavy atom. The van der Waals surface area contributed by atoms with E-state index in [1.165, 1.54) is 29.8 Å². The predicted octanol–water partition coefficient (Wildman–Crippen LogP) is 2.31. The lowest BCUT2D eigenvalue weighted by Gasteiger charge is -2.10. The van der Waals surface area contributed by atoms with Gasteiger partial charge >= 0.3 is 0 Å². The molecule has 5 nitrogen and oxygen atoms in total. The summed E-state index contributed by atoms with van der Waals surface area (Å²) in [5.74, 6) is 0. The highest BCUT2D eigenvalue weighted by molar-refractivity contribution is 7.89. The molecule has 1 aromatic carbocycles. The first kappa shape index (κ1) is 15.1. The van der Waals surface area contributed by atoms with E-state index in [1.54, 1.807) is 6.07 Å². The van der Waals surface area contributed by atoms with Crippen molar-refractivity contribution in [3.63, 3.8) is 0 Å². The lowest BCUT2D eigenvalue weighted by molar-refractivity contribution is 0.186. The van der Waals surface area contributed by atoms with Crippen molar-refractivity contribution in [1.82, 2.24) is 9.71 Å². The van der Waals surface area contributed by atoms with Crippen molar-refractivity contribution in [2.45, 2.75) is 11.0 Å². The number of rotatable bonds is 5. The smallest absolute Gasteiger partial charge is 0.242 e. The van der Waals surface area contributed by atoms with Gasteiger partial charge in [-0.2, -0.15) is 0 Å². The summed E-state index contributed by atoms with van der Waals surface area (Å²) < 4.78 is 27.6. The quantitative estimate of drug-likeness (QED) is 0.750. The number of nitrogens with zero attached hydrogens (tertiary/aromatic N) is 1. The van der Waals surface area contributed by atoms with Crippen LogP contribution in [-0.4, -0.2) is 25.1 Å². The fraction of sp³-hybridized carbons (Fsp3) is 0.133. The number of hydrogen-bond donors (Lipinski definition) is 2. The molecule has 0 amide bonds. The highest BCUT2D eigenvalue weighted by Gasteiger charge is 2.18. The van der Waals surface area contributed by atoms with Crippen LogP contribution in [-0.2, 0) is 10.0 Å². The summed E-state index contributed by atoms with van der Waals surface area (Å²) in [5, 5.41) is 11.2. The van der Waals surface area contributed by atoms with Gasteiger partial charge in [-0.25, -0.2) is 13.1 Å². The van der Waals surface area contributed by atoms with Gasteiger partial charge in [-0.05, 0) is 29.7 Å². The molecule has 0 aliphatic carbocycles. The summed E-state index contributed by atoms with van der Waals surface area (Å²) in [4.78, 5) is 4.60. The Morgan fingerprint density at radius 1 is 1.23 bits per heavy atom. The first-order valence-electron chi connectivity index (χ1n) is 6.62. The molecule has 0 saturated carbocycles. The number of thiophene rings is 1. The van der Waals surface area contributed by atoms with Gasteiger partial charge < -0.3 is 5.11 Å². The highest BCUT2D eigenvalue weighted by Crippen LogP contribution is 2.29. The topological polar surface area (TPSA) is 79.3 Å². The Morgan fingerprint density at radius 3 is 2.77 bits per heavy atom. The van der Waals surface area contributed by atoms with Crippen molar-refractivity contribution in [2.24, 2.45) is 0 Å². The van der Waals surface area contributed by atoms with Crippen molar-refractivity contribution in [3.05, 3.63) is 59.7 Å². The molecule has 0 saturated heterocycles. The molecule has 2 N–H and O–H groups in total. The number of hydrogen-bond acceptors (Lipinski definition) is 5. The molecule has 2 heterocycles.